The SMILES string of the molecule is COc1cc(NC(=O)Cn2ccccc2=O)cc(OC)c1. The zero-order valence-electron chi connectivity index (χ0n) is 11.8. The molecule has 1 heterocycles. The Morgan fingerprint density at radius 2 is 1.81 bits per heavy atom. The number of anilines is 1. The number of rotatable bonds is 5. The van der Waals surface area contributed by atoms with Crippen LogP contribution >= 0.6 is 0 Å². The van der Waals surface area contributed by atoms with Crippen LogP contribution in [0.15, 0.2) is 47.4 Å². The number of nitrogens with one attached hydrogen (secondary N) is 1. The molecular formula is C15H16N2O4. The molecule has 2 aromatic rings. The quantitative estimate of drug-likeness (QED) is 0.905. The molecule has 0 saturated carbocycles. The van der Waals surface area contributed by atoms with Crippen LogP contribution in [0.1, 0.15) is 0 Å². The zero-order valence-corrected chi connectivity index (χ0v) is 11.8. The second-order valence-electron chi connectivity index (χ2n) is 4.32. The third-order valence-electron chi connectivity index (χ3n) is 2.85. The molecule has 0 spiro atoms. The summed E-state index contributed by atoms with van der Waals surface area (Å²) in [4.78, 5) is 23.5. The molecule has 0 aliphatic heterocycles. The highest BCUT2D eigenvalue weighted by molar-refractivity contribution is 5.91. The van der Waals surface area contributed by atoms with Crippen molar-refractivity contribution in [3.8, 4) is 11.5 Å². The van der Waals surface area contributed by atoms with Gasteiger partial charge in [0.2, 0.25) is 5.91 Å². The van der Waals surface area contributed by atoms with E-state index in [-0.39, 0.29) is 18.0 Å². The number of amides is 1. The number of benzene rings is 1. The molecule has 0 radical (unpaired) electrons. The number of pyridine rings is 1. The Balaban J connectivity index is 2.12. The molecule has 2 rings (SSSR count). The second-order valence-corrected chi connectivity index (χ2v) is 4.32. The van der Waals surface area contributed by atoms with Gasteiger partial charge in [-0.05, 0) is 6.07 Å². The smallest absolute Gasteiger partial charge is 0.250 e. The van der Waals surface area contributed by atoms with Crippen molar-refractivity contribution in [2.45, 2.75) is 6.54 Å². The third-order valence-corrected chi connectivity index (χ3v) is 2.85. The van der Waals surface area contributed by atoms with Crippen LogP contribution in [0.25, 0.3) is 0 Å². The molecule has 0 atom stereocenters. The Morgan fingerprint density at radius 3 is 2.38 bits per heavy atom. The zero-order chi connectivity index (χ0) is 15.2. The van der Waals surface area contributed by atoms with Crippen molar-refractivity contribution in [3.05, 3.63) is 52.9 Å². The van der Waals surface area contributed by atoms with E-state index in [1.165, 1.54) is 24.9 Å². The average molecular weight is 288 g/mol. The molecule has 0 aliphatic rings. The number of methoxy groups -OCH3 is 2. The van der Waals surface area contributed by atoms with Gasteiger partial charge < -0.3 is 19.4 Å². The lowest BCUT2D eigenvalue weighted by Gasteiger charge is -2.10. The number of nitrogens with zero attached hydrogens (tertiary/aromatic N) is 1. The highest BCUT2D eigenvalue weighted by Crippen LogP contribution is 2.25. The van der Waals surface area contributed by atoms with Crippen LogP contribution in [0.3, 0.4) is 0 Å². The van der Waals surface area contributed by atoms with E-state index < -0.39 is 0 Å². The number of aromatic nitrogens is 1. The molecule has 21 heavy (non-hydrogen) atoms. The molecule has 0 unspecified atom stereocenters. The van der Waals surface area contributed by atoms with E-state index in [1.807, 2.05) is 0 Å². The lowest BCUT2D eigenvalue weighted by molar-refractivity contribution is -0.116. The summed E-state index contributed by atoms with van der Waals surface area (Å²) < 4.78 is 11.6. The van der Waals surface area contributed by atoms with E-state index in [1.54, 1.807) is 36.5 Å². The van der Waals surface area contributed by atoms with Crippen molar-refractivity contribution in [1.29, 1.82) is 0 Å². The van der Waals surface area contributed by atoms with Crippen molar-refractivity contribution < 1.29 is 14.3 Å². The fraction of sp³-hybridized carbons (Fsp3) is 0.200. The summed E-state index contributed by atoms with van der Waals surface area (Å²) in [5, 5.41) is 2.71. The van der Waals surface area contributed by atoms with E-state index in [0.717, 1.165) is 0 Å². The summed E-state index contributed by atoms with van der Waals surface area (Å²) in [6, 6.07) is 9.79. The number of carbonyl (C=O) groups is 1. The normalized spacial score (nSPS) is 10.0. The summed E-state index contributed by atoms with van der Waals surface area (Å²) >= 11 is 0. The summed E-state index contributed by atoms with van der Waals surface area (Å²) in [7, 11) is 3.06. The molecule has 1 amide bonds. The second kappa shape index (κ2) is 6.60. The van der Waals surface area contributed by atoms with Gasteiger partial charge in [-0.25, -0.2) is 0 Å². The van der Waals surface area contributed by atoms with E-state index in [2.05, 4.69) is 5.32 Å². The van der Waals surface area contributed by atoms with Gasteiger partial charge in [0.1, 0.15) is 18.0 Å². The molecule has 1 N–H and O–H groups in total. The fourth-order valence-electron chi connectivity index (χ4n) is 1.83. The minimum absolute atomic E-state index is 0.0564. The van der Waals surface area contributed by atoms with Crippen LogP contribution in [-0.2, 0) is 11.3 Å². The molecule has 6 nitrogen and oxygen atoms in total. The summed E-state index contributed by atoms with van der Waals surface area (Å²) in [5.41, 5.74) is 0.316. The maximum Gasteiger partial charge on any atom is 0.250 e. The Labute approximate surface area is 121 Å². The van der Waals surface area contributed by atoms with Gasteiger partial charge in [-0.15, -0.1) is 0 Å². The Kier molecular flexibility index (Phi) is 4.61. The monoisotopic (exact) mass is 288 g/mol. The number of hydrogen-bond acceptors (Lipinski definition) is 4. The van der Waals surface area contributed by atoms with Gasteiger partial charge in [0.25, 0.3) is 5.56 Å². The van der Waals surface area contributed by atoms with E-state index >= 15 is 0 Å². The topological polar surface area (TPSA) is 69.6 Å². The van der Waals surface area contributed by atoms with Gasteiger partial charge in [-0.2, -0.15) is 0 Å². The van der Waals surface area contributed by atoms with Crippen molar-refractivity contribution in [2.24, 2.45) is 0 Å². The third kappa shape index (κ3) is 3.85. The van der Waals surface area contributed by atoms with Crippen LogP contribution in [0.4, 0.5) is 5.69 Å². The molecule has 0 fully saturated rings. The molecule has 1 aromatic carbocycles. The van der Waals surface area contributed by atoms with Crippen LogP contribution < -0.4 is 20.3 Å². The minimum Gasteiger partial charge on any atom is -0.497 e. The van der Waals surface area contributed by atoms with Gasteiger partial charge in [0, 0.05) is 36.1 Å². The maximum atomic E-state index is 12.0. The van der Waals surface area contributed by atoms with Crippen molar-refractivity contribution in [3.63, 3.8) is 0 Å². The van der Waals surface area contributed by atoms with E-state index in [9.17, 15) is 9.59 Å². The van der Waals surface area contributed by atoms with Gasteiger partial charge in [0.05, 0.1) is 14.2 Å². The highest BCUT2D eigenvalue weighted by Gasteiger charge is 2.07. The Bertz CT molecular complexity index is 672. The first-order chi connectivity index (χ1) is 10.1. The number of ether oxygens (including phenoxy) is 2. The molecule has 110 valence electrons. The standard InChI is InChI=1S/C15H16N2O4/c1-20-12-7-11(8-13(9-12)21-2)16-14(18)10-17-6-4-3-5-15(17)19/h3-9H,10H2,1-2H3,(H,16,18). The van der Waals surface area contributed by atoms with Crippen molar-refractivity contribution in [1.82, 2.24) is 4.57 Å². The highest BCUT2D eigenvalue weighted by atomic mass is 16.5. The summed E-state index contributed by atoms with van der Waals surface area (Å²) in [6.45, 7) is -0.0564. The minimum atomic E-state index is -0.307. The lowest BCUT2D eigenvalue weighted by Crippen LogP contribution is -2.26. The van der Waals surface area contributed by atoms with E-state index in [4.69, 9.17) is 9.47 Å². The van der Waals surface area contributed by atoms with Gasteiger partial charge in [-0.3, -0.25) is 9.59 Å². The Morgan fingerprint density at radius 1 is 1.14 bits per heavy atom. The molecule has 0 saturated heterocycles. The molecule has 0 aliphatic carbocycles. The number of hydrogen-bond donors (Lipinski definition) is 1. The van der Waals surface area contributed by atoms with Crippen molar-refractivity contribution in [2.75, 3.05) is 19.5 Å². The van der Waals surface area contributed by atoms with Gasteiger partial charge in [-0.1, -0.05) is 6.07 Å². The predicted octanol–water partition coefficient (Wildman–Crippen LogP) is 1.50. The summed E-state index contributed by atoms with van der Waals surface area (Å²) in [6.07, 6.45) is 1.56. The molecule has 1 aromatic heterocycles. The Hall–Kier alpha value is -2.76. The first-order valence-corrected chi connectivity index (χ1v) is 6.31. The van der Waals surface area contributed by atoms with Gasteiger partial charge >= 0.3 is 0 Å². The first-order valence-electron chi connectivity index (χ1n) is 6.31. The molecule has 0 bridgehead atoms. The number of carbonyl (C=O) groups excluding carboxylic acids is 1. The summed E-state index contributed by atoms with van der Waals surface area (Å²) in [5.74, 6) is 0.835. The maximum absolute atomic E-state index is 12.0. The molecular weight excluding hydrogens is 272 g/mol. The van der Waals surface area contributed by atoms with Crippen molar-refractivity contribution >= 4 is 11.6 Å². The molecule has 6 heteroatoms. The predicted molar refractivity (Wildman–Crippen MR) is 78.9 cm³/mol. The first kappa shape index (κ1) is 14.6. The van der Waals surface area contributed by atoms with Crippen LogP contribution in [0.2, 0.25) is 0 Å². The van der Waals surface area contributed by atoms with Crippen LogP contribution in [0, 0.1) is 0 Å². The fourth-order valence-corrected chi connectivity index (χ4v) is 1.83. The largest absolute Gasteiger partial charge is 0.497 e. The van der Waals surface area contributed by atoms with Gasteiger partial charge in [0.15, 0.2) is 0 Å². The van der Waals surface area contributed by atoms with E-state index in [0.29, 0.717) is 17.2 Å². The van der Waals surface area contributed by atoms with Crippen LogP contribution in [0.5, 0.6) is 11.5 Å². The van der Waals surface area contributed by atoms with Crippen LogP contribution in [-0.4, -0.2) is 24.7 Å². The lowest BCUT2D eigenvalue weighted by atomic mass is 10.2. The average Bonchev–Trinajstić information content (AvgIpc) is 2.49.